The first-order chi connectivity index (χ1) is 9.59. The van der Waals surface area contributed by atoms with Gasteiger partial charge in [0.15, 0.2) is 0 Å². The van der Waals surface area contributed by atoms with Crippen LogP contribution in [-0.2, 0) is 21.2 Å². The molecule has 5 nitrogen and oxygen atoms in total. The van der Waals surface area contributed by atoms with Gasteiger partial charge in [0.1, 0.15) is 0 Å². The van der Waals surface area contributed by atoms with E-state index in [2.05, 4.69) is 4.72 Å². The fraction of sp³-hybridized carbons (Fsp3) is 0.571. The van der Waals surface area contributed by atoms with E-state index in [1.807, 2.05) is 18.2 Å². The molecule has 0 aliphatic carbocycles. The van der Waals surface area contributed by atoms with Crippen molar-refractivity contribution in [2.75, 3.05) is 23.6 Å². The average molecular weight is 298 g/mol. The van der Waals surface area contributed by atoms with Crippen molar-refractivity contribution in [3.05, 3.63) is 29.8 Å². The number of aryl methyl sites for hydroxylation is 1. The number of ether oxygens (including phenoxy) is 1. The Labute approximate surface area is 120 Å². The molecule has 1 saturated heterocycles. The third kappa shape index (κ3) is 4.77. The van der Waals surface area contributed by atoms with Gasteiger partial charge < -0.3 is 10.5 Å². The van der Waals surface area contributed by atoms with E-state index >= 15 is 0 Å². The molecule has 0 amide bonds. The van der Waals surface area contributed by atoms with Gasteiger partial charge in [-0.2, -0.15) is 0 Å². The van der Waals surface area contributed by atoms with Crippen molar-refractivity contribution in [2.24, 2.45) is 5.73 Å². The van der Waals surface area contributed by atoms with Crippen LogP contribution in [0.5, 0.6) is 0 Å². The minimum atomic E-state index is -3.36. The zero-order valence-corrected chi connectivity index (χ0v) is 12.4. The van der Waals surface area contributed by atoms with Gasteiger partial charge in [0, 0.05) is 12.3 Å². The smallest absolute Gasteiger partial charge is 0.235 e. The van der Waals surface area contributed by atoms with Crippen LogP contribution in [0.15, 0.2) is 24.3 Å². The van der Waals surface area contributed by atoms with Gasteiger partial charge in [-0.15, -0.1) is 0 Å². The summed E-state index contributed by atoms with van der Waals surface area (Å²) in [5.41, 5.74) is 7.18. The minimum Gasteiger partial charge on any atom is -0.377 e. The molecule has 6 heteroatoms. The van der Waals surface area contributed by atoms with Gasteiger partial charge in [-0.05, 0) is 49.9 Å². The summed E-state index contributed by atoms with van der Waals surface area (Å²) in [7, 11) is -3.36. The Bertz CT molecular complexity index is 525. The monoisotopic (exact) mass is 298 g/mol. The Morgan fingerprint density at radius 1 is 1.40 bits per heavy atom. The van der Waals surface area contributed by atoms with Gasteiger partial charge in [-0.1, -0.05) is 12.1 Å². The maximum atomic E-state index is 12.1. The Morgan fingerprint density at radius 2 is 2.25 bits per heavy atom. The molecule has 0 bridgehead atoms. The summed E-state index contributed by atoms with van der Waals surface area (Å²) < 4.78 is 32.1. The van der Waals surface area contributed by atoms with Crippen LogP contribution in [-0.4, -0.2) is 33.4 Å². The van der Waals surface area contributed by atoms with Crippen molar-refractivity contribution >= 4 is 15.7 Å². The van der Waals surface area contributed by atoms with E-state index in [-0.39, 0.29) is 11.9 Å². The topological polar surface area (TPSA) is 81.4 Å². The van der Waals surface area contributed by atoms with Crippen LogP contribution in [0.2, 0.25) is 0 Å². The van der Waals surface area contributed by atoms with Crippen molar-refractivity contribution in [2.45, 2.75) is 31.8 Å². The highest BCUT2D eigenvalue weighted by atomic mass is 32.2. The third-order valence-electron chi connectivity index (χ3n) is 3.30. The van der Waals surface area contributed by atoms with Gasteiger partial charge >= 0.3 is 0 Å². The molecular weight excluding hydrogens is 276 g/mol. The summed E-state index contributed by atoms with van der Waals surface area (Å²) in [6.07, 6.45) is 3.34. The lowest BCUT2D eigenvalue weighted by Gasteiger charge is -2.12. The molecule has 3 N–H and O–H groups in total. The number of nitrogens with one attached hydrogen (secondary N) is 1. The zero-order valence-electron chi connectivity index (χ0n) is 11.5. The molecule has 1 heterocycles. The van der Waals surface area contributed by atoms with E-state index in [1.165, 1.54) is 0 Å². The van der Waals surface area contributed by atoms with Crippen molar-refractivity contribution in [3.8, 4) is 0 Å². The number of hydrogen-bond acceptors (Lipinski definition) is 4. The maximum absolute atomic E-state index is 12.1. The highest BCUT2D eigenvalue weighted by Crippen LogP contribution is 2.17. The number of benzene rings is 1. The van der Waals surface area contributed by atoms with Crippen LogP contribution in [0.25, 0.3) is 0 Å². The van der Waals surface area contributed by atoms with Crippen LogP contribution in [0.4, 0.5) is 5.69 Å². The fourth-order valence-electron chi connectivity index (χ4n) is 2.34. The predicted molar refractivity (Wildman–Crippen MR) is 80.2 cm³/mol. The minimum absolute atomic E-state index is 0.0278. The molecule has 1 unspecified atom stereocenters. The fourth-order valence-corrected chi connectivity index (χ4v) is 3.66. The second-order valence-corrected chi connectivity index (χ2v) is 6.88. The number of rotatable bonds is 7. The van der Waals surface area contributed by atoms with Crippen LogP contribution in [0.3, 0.4) is 0 Å². The molecule has 1 aromatic rings. The summed E-state index contributed by atoms with van der Waals surface area (Å²) in [6.45, 7) is 1.30. The first-order valence-corrected chi connectivity index (χ1v) is 8.65. The Kier molecular flexibility index (Phi) is 5.39. The standard InChI is InChI=1S/C14H22N2O3S/c15-8-2-5-12-4-1-6-13(10-12)16-20(17,18)11-14-7-3-9-19-14/h1,4,6,10,14,16H,2-3,5,7-9,11,15H2. The molecular formula is C14H22N2O3S. The highest BCUT2D eigenvalue weighted by molar-refractivity contribution is 7.92. The summed E-state index contributed by atoms with van der Waals surface area (Å²) in [5, 5.41) is 0. The first kappa shape index (κ1) is 15.3. The van der Waals surface area contributed by atoms with Gasteiger partial charge in [0.05, 0.1) is 11.9 Å². The van der Waals surface area contributed by atoms with Gasteiger partial charge in [0.25, 0.3) is 0 Å². The van der Waals surface area contributed by atoms with E-state index in [0.29, 0.717) is 18.8 Å². The van der Waals surface area contributed by atoms with Crippen molar-refractivity contribution in [1.82, 2.24) is 0 Å². The quantitative estimate of drug-likeness (QED) is 0.799. The number of sulfonamides is 1. The normalized spacial score (nSPS) is 19.1. The molecule has 112 valence electrons. The number of anilines is 1. The van der Waals surface area contributed by atoms with E-state index in [0.717, 1.165) is 31.2 Å². The van der Waals surface area contributed by atoms with Crippen molar-refractivity contribution < 1.29 is 13.2 Å². The van der Waals surface area contributed by atoms with Crippen LogP contribution >= 0.6 is 0 Å². The van der Waals surface area contributed by atoms with E-state index < -0.39 is 10.0 Å². The Balaban J connectivity index is 1.97. The third-order valence-corrected chi connectivity index (χ3v) is 4.66. The highest BCUT2D eigenvalue weighted by Gasteiger charge is 2.23. The molecule has 2 rings (SSSR count). The largest absolute Gasteiger partial charge is 0.377 e. The molecule has 0 saturated carbocycles. The molecule has 1 aliphatic rings. The Hall–Kier alpha value is -1.11. The lowest BCUT2D eigenvalue weighted by atomic mass is 10.1. The molecule has 20 heavy (non-hydrogen) atoms. The maximum Gasteiger partial charge on any atom is 0.235 e. The molecule has 1 aromatic carbocycles. The second kappa shape index (κ2) is 7.06. The lowest BCUT2D eigenvalue weighted by Crippen LogP contribution is -2.25. The second-order valence-electron chi connectivity index (χ2n) is 5.11. The van der Waals surface area contributed by atoms with Gasteiger partial charge in [-0.25, -0.2) is 8.42 Å². The van der Waals surface area contributed by atoms with Crippen LogP contribution < -0.4 is 10.5 Å². The molecule has 0 aromatic heterocycles. The average Bonchev–Trinajstić information content (AvgIpc) is 2.88. The predicted octanol–water partition coefficient (Wildman–Crippen LogP) is 1.50. The molecule has 0 radical (unpaired) electrons. The van der Waals surface area contributed by atoms with E-state index in [4.69, 9.17) is 10.5 Å². The van der Waals surface area contributed by atoms with Crippen LogP contribution in [0.1, 0.15) is 24.8 Å². The Morgan fingerprint density at radius 3 is 2.95 bits per heavy atom. The van der Waals surface area contributed by atoms with Crippen molar-refractivity contribution in [1.29, 1.82) is 0 Å². The zero-order chi connectivity index (χ0) is 14.4. The number of hydrogen-bond donors (Lipinski definition) is 2. The molecule has 1 aliphatic heterocycles. The lowest BCUT2D eigenvalue weighted by molar-refractivity contribution is 0.127. The van der Waals surface area contributed by atoms with Crippen molar-refractivity contribution in [3.63, 3.8) is 0 Å². The van der Waals surface area contributed by atoms with Crippen LogP contribution in [0, 0.1) is 0 Å². The summed E-state index contributed by atoms with van der Waals surface area (Å²) in [6, 6.07) is 7.46. The van der Waals surface area contributed by atoms with E-state index in [1.54, 1.807) is 6.07 Å². The summed E-state index contributed by atoms with van der Waals surface area (Å²) in [5.74, 6) is 0.0278. The van der Waals surface area contributed by atoms with Gasteiger partial charge in [0.2, 0.25) is 10.0 Å². The summed E-state index contributed by atoms with van der Waals surface area (Å²) >= 11 is 0. The molecule has 1 atom stereocenters. The molecule has 0 spiro atoms. The summed E-state index contributed by atoms with van der Waals surface area (Å²) in [4.78, 5) is 0. The molecule has 1 fully saturated rings. The van der Waals surface area contributed by atoms with E-state index in [9.17, 15) is 8.42 Å². The SMILES string of the molecule is NCCCc1cccc(NS(=O)(=O)CC2CCCO2)c1. The van der Waals surface area contributed by atoms with Gasteiger partial charge in [-0.3, -0.25) is 4.72 Å². The number of nitrogens with two attached hydrogens (primary N) is 1. The first-order valence-electron chi connectivity index (χ1n) is 7.00.